The van der Waals surface area contributed by atoms with E-state index in [0.29, 0.717) is 5.82 Å². The first-order valence-corrected chi connectivity index (χ1v) is 10.7. The van der Waals surface area contributed by atoms with Gasteiger partial charge in [-0.05, 0) is 48.7 Å². The maximum atomic E-state index is 5.40. The van der Waals surface area contributed by atoms with Crippen LogP contribution in [-0.4, -0.2) is 30.7 Å². The fourth-order valence-electron chi connectivity index (χ4n) is 4.33. The topological polar surface area (TPSA) is 50.3 Å². The molecule has 5 nitrogen and oxygen atoms in total. The normalized spacial score (nSPS) is 15.9. The quantitative estimate of drug-likeness (QED) is 0.468. The fraction of sp³-hybridized carbons (Fsp3) is 0.231. The monoisotopic (exact) mass is 410 g/mol. The molecule has 0 bridgehead atoms. The van der Waals surface area contributed by atoms with Crippen molar-refractivity contribution < 1.29 is 4.74 Å². The number of nitrogens with zero attached hydrogens (tertiary/aromatic N) is 3. The zero-order valence-electron chi connectivity index (χ0n) is 17.9. The maximum absolute atomic E-state index is 5.40. The van der Waals surface area contributed by atoms with Crippen LogP contribution in [0.3, 0.4) is 0 Å². The molecule has 1 aliphatic heterocycles. The van der Waals surface area contributed by atoms with Crippen LogP contribution in [0.2, 0.25) is 0 Å². The summed E-state index contributed by atoms with van der Waals surface area (Å²) < 4.78 is 5.40. The van der Waals surface area contributed by atoms with Crippen LogP contribution >= 0.6 is 0 Å². The molecule has 0 amide bonds. The molecule has 2 heterocycles. The number of anilines is 2. The number of hydrogen-bond acceptors (Lipinski definition) is 5. The molecule has 1 aromatic heterocycles. The Hall–Kier alpha value is -3.60. The van der Waals surface area contributed by atoms with Gasteiger partial charge in [-0.1, -0.05) is 42.5 Å². The molecule has 1 atom stereocenters. The minimum absolute atomic E-state index is 0.192. The predicted octanol–water partition coefficient (Wildman–Crippen LogP) is 5.69. The van der Waals surface area contributed by atoms with E-state index < -0.39 is 0 Å². The van der Waals surface area contributed by atoms with E-state index in [1.807, 2.05) is 42.5 Å². The molecule has 5 rings (SSSR count). The van der Waals surface area contributed by atoms with Gasteiger partial charge in [0.05, 0.1) is 18.7 Å². The Morgan fingerprint density at radius 2 is 1.81 bits per heavy atom. The lowest BCUT2D eigenvalue weighted by molar-refractivity contribution is 0.415. The van der Waals surface area contributed by atoms with Crippen molar-refractivity contribution in [3.05, 3.63) is 78.4 Å². The van der Waals surface area contributed by atoms with Crippen molar-refractivity contribution in [2.45, 2.75) is 18.9 Å². The average Bonchev–Trinajstić information content (AvgIpc) is 2.98. The molecule has 0 aliphatic carbocycles. The number of nitrogens with one attached hydrogen (secondary N) is 1. The third kappa shape index (κ3) is 3.79. The van der Waals surface area contributed by atoms with Crippen LogP contribution in [-0.2, 0) is 0 Å². The highest BCUT2D eigenvalue weighted by atomic mass is 16.5. The van der Waals surface area contributed by atoms with E-state index in [2.05, 4.69) is 47.6 Å². The smallest absolute Gasteiger partial charge is 0.162 e. The highest BCUT2D eigenvalue weighted by Gasteiger charge is 2.22. The first-order chi connectivity index (χ1) is 15.2. The summed E-state index contributed by atoms with van der Waals surface area (Å²) in [5, 5.41) is 4.80. The predicted molar refractivity (Wildman–Crippen MR) is 127 cm³/mol. The second kappa shape index (κ2) is 8.26. The summed E-state index contributed by atoms with van der Waals surface area (Å²) in [5.74, 6) is 2.36. The Kier molecular flexibility index (Phi) is 5.16. The van der Waals surface area contributed by atoms with E-state index in [-0.39, 0.29) is 6.04 Å². The first kappa shape index (κ1) is 19.4. The molecule has 1 unspecified atom stereocenters. The van der Waals surface area contributed by atoms with E-state index in [0.717, 1.165) is 47.4 Å². The summed E-state index contributed by atoms with van der Waals surface area (Å²) in [4.78, 5) is 12.2. The molecule has 31 heavy (non-hydrogen) atoms. The lowest BCUT2D eigenvalue weighted by Crippen LogP contribution is -2.17. The van der Waals surface area contributed by atoms with Crippen molar-refractivity contribution in [3.8, 4) is 17.1 Å². The number of rotatable bonds is 4. The number of para-hydroxylation sites is 2. The van der Waals surface area contributed by atoms with Gasteiger partial charge in [0.15, 0.2) is 5.82 Å². The van der Waals surface area contributed by atoms with Crippen LogP contribution in [0.25, 0.3) is 22.3 Å². The van der Waals surface area contributed by atoms with Crippen molar-refractivity contribution in [1.29, 1.82) is 0 Å². The number of benzene rings is 3. The number of fused-ring (bicyclic) bond motifs is 2. The standard InChI is InChI=1S/C26H26N4O/c1-30-16-8-14-22(20-11-4-6-15-24(20)30)28-26-21-12-3-5-13-23(21)27-25(29-26)18-9-7-10-19(17-18)31-2/h3-7,9-13,15,17,22H,8,14,16H2,1-2H3,(H,27,28,29). The molecule has 0 spiro atoms. The highest BCUT2D eigenvalue weighted by Crippen LogP contribution is 2.36. The van der Waals surface area contributed by atoms with Gasteiger partial charge in [-0.15, -0.1) is 0 Å². The Balaban J connectivity index is 1.60. The van der Waals surface area contributed by atoms with E-state index in [1.165, 1.54) is 11.3 Å². The molecular weight excluding hydrogens is 384 g/mol. The minimum atomic E-state index is 0.192. The molecule has 0 fully saturated rings. The summed E-state index contributed by atoms with van der Waals surface area (Å²) in [6.45, 7) is 1.05. The van der Waals surface area contributed by atoms with Gasteiger partial charge in [-0.2, -0.15) is 0 Å². The van der Waals surface area contributed by atoms with Gasteiger partial charge in [0.25, 0.3) is 0 Å². The Morgan fingerprint density at radius 3 is 2.71 bits per heavy atom. The fourth-order valence-corrected chi connectivity index (χ4v) is 4.33. The largest absolute Gasteiger partial charge is 0.497 e. The molecule has 0 saturated heterocycles. The van der Waals surface area contributed by atoms with E-state index in [1.54, 1.807) is 7.11 Å². The van der Waals surface area contributed by atoms with Crippen molar-refractivity contribution in [2.75, 3.05) is 30.9 Å². The average molecular weight is 411 g/mol. The van der Waals surface area contributed by atoms with Gasteiger partial charge < -0.3 is 15.0 Å². The van der Waals surface area contributed by atoms with E-state index in [9.17, 15) is 0 Å². The summed E-state index contributed by atoms with van der Waals surface area (Å²) in [5.41, 5.74) is 4.46. The van der Waals surface area contributed by atoms with E-state index in [4.69, 9.17) is 14.7 Å². The van der Waals surface area contributed by atoms with Crippen LogP contribution in [0.1, 0.15) is 24.4 Å². The molecule has 0 saturated carbocycles. The SMILES string of the molecule is COc1cccc(-c2nc(NC3CCCN(C)c4ccccc43)c3ccccc3n2)c1. The summed E-state index contributed by atoms with van der Waals surface area (Å²) in [6.07, 6.45) is 2.17. The lowest BCUT2D eigenvalue weighted by Gasteiger charge is -2.23. The zero-order chi connectivity index (χ0) is 21.2. The Labute approximate surface area is 182 Å². The van der Waals surface area contributed by atoms with Gasteiger partial charge in [-0.25, -0.2) is 9.97 Å². The maximum Gasteiger partial charge on any atom is 0.162 e. The van der Waals surface area contributed by atoms with Crippen LogP contribution < -0.4 is 15.0 Å². The van der Waals surface area contributed by atoms with Gasteiger partial charge >= 0.3 is 0 Å². The molecular formula is C26H26N4O. The third-order valence-corrected chi connectivity index (χ3v) is 5.95. The molecule has 0 radical (unpaired) electrons. The van der Waals surface area contributed by atoms with Gasteiger partial charge in [0, 0.05) is 30.2 Å². The highest BCUT2D eigenvalue weighted by molar-refractivity contribution is 5.90. The van der Waals surface area contributed by atoms with Gasteiger partial charge in [0.1, 0.15) is 11.6 Å². The second-order valence-corrected chi connectivity index (χ2v) is 7.96. The molecule has 156 valence electrons. The zero-order valence-corrected chi connectivity index (χ0v) is 17.9. The number of aromatic nitrogens is 2. The van der Waals surface area contributed by atoms with Crippen molar-refractivity contribution in [1.82, 2.24) is 9.97 Å². The van der Waals surface area contributed by atoms with Crippen molar-refractivity contribution in [2.24, 2.45) is 0 Å². The minimum Gasteiger partial charge on any atom is -0.497 e. The molecule has 4 aromatic rings. The summed E-state index contributed by atoms with van der Waals surface area (Å²) in [6, 6.07) is 24.9. The second-order valence-electron chi connectivity index (χ2n) is 7.96. The van der Waals surface area contributed by atoms with Crippen LogP contribution in [0.4, 0.5) is 11.5 Å². The Bertz CT molecular complexity index is 1220. The lowest BCUT2D eigenvalue weighted by atomic mass is 10.0. The first-order valence-electron chi connectivity index (χ1n) is 10.7. The van der Waals surface area contributed by atoms with Crippen LogP contribution in [0.15, 0.2) is 72.8 Å². The van der Waals surface area contributed by atoms with Crippen molar-refractivity contribution in [3.63, 3.8) is 0 Å². The number of ether oxygens (including phenoxy) is 1. The molecule has 3 aromatic carbocycles. The van der Waals surface area contributed by atoms with Crippen molar-refractivity contribution >= 4 is 22.4 Å². The Morgan fingerprint density at radius 1 is 0.968 bits per heavy atom. The summed E-state index contributed by atoms with van der Waals surface area (Å²) in [7, 11) is 3.84. The molecule has 1 N–H and O–H groups in total. The molecule has 5 heteroatoms. The van der Waals surface area contributed by atoms with Gasteiger partial charge in [-0.3, -0.25) is 0 Å². The number of methoxy groups -OCH3 is 1. The van der Waals surface area contributed by atoms with E-state index >= 15 is 0 Å². The van der Waals surface area contributed by atoms with Gasteiger partial charge in [0.2, 0.25) is 0 Å². The summed E-state index contributed by atoms with van der Waals surface area (Å²) >= 11 is 0. The van der Waals surface area contributed by atoms with Crippen LogP contribution in [0, 0.1) is 0 Å². The molecule has 1 aliphatic rings. The number of hydrogen-bond donors (Lipinski definition) is 1. The van der Waals surface area contributed by atoms with Crippen LogP contribution in [0.5, 0.6) is 5.75 Å². The third-order valence-electron chi connectivity index (χ3n) is 5.95.